The van der Waals surface area contributed by atoms with Crippen molar-refractivity contribution in [2.45, 2.75) is 38.4 Å². The van der Waals surface area contributed by atoms with Gasteiger partial charge < -0.3 is 15.2 Å². The Labute approximate surface area is 84.1 Å². The summed E-state index contributed by atoms with van der Waals surface area (Å²) in [5.74, 6) is -0.658. The van der Waals surface area contributed by atoms with Gasteiger partial charge in [0.1, 0.15) is 0 Å². The van der Waals surface area contributed by atoms with Gasteiger partial charge in [0.25, 0.3) is 0 Å². The van der Waals surface area contributed by atoms with Crippen LogP contribution in [-0.2, 0) is 4.79 Å². The Morgan fingerprint density at radius 1 is 1.36 bits per heavy atom. The van der Waals surface area contributed by atoms with Crippen LogP contribution in [0.3, 0.4) is 0 Å². The molecule has 14 heavy (non-hydrogen) atoms. The minimum Gasteiger partial charge on any atom is -0.481 e. The first-order valence-electron chi connectivity index (χ1n) is 5.20. The van der Waals surface area contributed by atoms with Crippen LogP contribution in [0.2, 0.25) is 6.32 Å². The van der Waals surface area contributed by atoms with Gasteiger partial charge in [-0.25, -0.2) is 0 Å². The Morgan fingerprint density at radius 2 is 2.07 bits per heavy atom. The summed E-state index contributed by atoms with van der Waals surface area (Å²) in [7, 11) is -1.25. The van der Waals surface area contributed by atoms with Gasteiger partial charge in [-0.05, 0) is 25.1 Å². The molecule has 1 unspecified atom stereocenters. The zero-order valence-corrected chi connectivity index (χ0v) is 8.22. The minimum absolute atomic E-state index is 0.203. The molecule has 0 aliphatic heterocycles. The topological polar surface area (TPSA) is 77.8 Å². The molecule has 0 bridgehead atoms. The first-order valence-corrected chi connectivity index (χ1v) is 5.20. The summed E-state index contributed by atoms with van der Waals surface area (Å²) >= 11 is 0. The van der Waals surface area contributed by atoms with Crippen LogP contribution in [0.25, 0.3) is 0 Å². The Kier molecular flexibility index (Phi) is 4.42. The largest absolute Gasteiger partial charge is 0.481 e. The number of carboxylic acid groups (broad SMARTS) is 1. The van der Waals surface area contributed by atoms with E-state index < -0.39 is 13.1 Å². The second kappa shape index (κ2) is 5.36. The van der Waals surface area contributed by atoms with Gasteiger partial charge in [-0.15, -0.1) is 0 Å². The van der Waals surface area contributed by atoms with Crippen molar-refractivity contribution in [1.29, 1.82) is 0 Å². The standard InChI is InChI=1S/C9H17BO4/c11-9(12)8-5-1-3-7(8)4-2-6-10(13)14/h7-8,13-14H,1-6H2,(H,11,12)/t7-,8?/m0/s1. The smallest absolute Gasteiger partial charge is 0.451 e. The van der Waals surface area contributed by atoms with Crippen LogP contribution in [-0.4, -0.2) is 28.2 Å². The zero-order valence-electron chi connectivity index (χ0n) is 8.22. The van der Waals surface area contributed by atoms with Crippen molar-refractivity contribution in [1.82, 2.24) is 0 Å². The molecule has 0 aromatic rings. The molecule has 0 spiro atoms. The quantitative estimate of drug-likeness (QED) is 0.572. The van der Waals surface area contributed by atoms with E-state index in [9.17, 15) is 4.79 Å². The molecule has 4 nitrogen and oxygen atoms in total. The first kappa shape index (κ1) is 11.5. The van der Waals surface area contributed by atoms with Crippen molar-refractivity contribution in [3.05, 3.63) is 0 Å². The lowest BCUT2D eigenvalue weighted by Gasteiger charge is -2.14. The van der Waals surface area contributed by atoms with Crippen LogP contribution in [0.1, 0.15) is 32.1 Å². The molecule has 2 atom stereocenters. The van der Waals surface area contributed by atoms with Gasteiger partial charge in [-0.3, -0.25) is 4.79 Å². The number of rotatable bonds is 5. The molecule has 0 saturated heterocycles. The predicted molar refractivity (Wildman–Crippen MR) is 52.7 cm³/mol. The molecule has 0 aromatic carbocycles. The highest BCUT2D eigenvalue weighted by atomic mass is 16.4. The van der Waals surface area contributed by atoms with Crippen LogP contribution >= 0.6 is 0 Å². The summed E-state index contributed by atoms with van der Waals surface area (Å²) < 4.78 is 0. The average molecular weight is 200 g/mol. The lowest BCUT2D eigenvalue weighted by molar-refractivity contribution is -0.143. The van der Waals surface area contributed by atoms with E-state index in [0.717, 1.165) is 25.7 Å². The third kappa shape index (κ3) is 3.31. The molecule has 1 fully saturated rings. The average Bonchev–Trinajstić information content (AvgIpc) is 2.51. The van der Waals surface area contributed by atoms with Crippen LogP contribution in [0.5, 0.6) is 0 Å². The van der Waals surface area contributed by atoms with Crippen molar-refractivity contribution < 1.29 is 19.9 Å². The van der Waals surface area contributed by atoms with Crippen LogP contribution in [0.15, 0.2) is 0 Å². The molecule has 0 amide bonds. The van der Waals surface area contributed by atoms with E-state index in [4.69, 9.17) is 15.2 Å². The number of carbonyl (C=O) groups is 1. The maximum atomic E-state index is 10.8. The molecular weight excluding hydrogens is 183 g/mol. The molecule has 1 saturated carbocycles. The van der Waals surface area contributed by atoms with E-state index in [2.05, 4.69) is 0 Å². The third-order valence-electron chi connectivity index (χ3n) is 3.01. The lowest BCUT2D eigenvalue weighted by Crippen LogP contribution is -2.19. The molecule has 1 rings (SSSR count). The van der Waals surface area contributed by atoms with Crippen LogP contribution < -0.4 is 0 Å². The monoisotopic (exact) mass is 200 g/mol. The fourth-order valence-electron chi connectivity index (χ4n) is 2.27. The Morgan fingerprint density at radius 3 is 2.64 bits per heavy atom. The van der Waals surface area contributed by atoms with Gasteiger partial charge in [0, 0.05) is 0 Å². The number of hydrogen-bond acceptors (Lipinski definition) is 3. The molecule has 0 aromatic heterocycles. The molecule has 0 heterocycles. The second-order valence-electron chi connectivity index (χ2n) is 4.05. The summed E-state index contributed by atoms with van der Waals surface area (Å²) in [5, 5.41) is 26.2. The summed E-state index contributed by atoms with van der Waals surface area (Å²) in [4.78, 5) is 10.8. The van der Waals surface area contributed by atoms with E-state index in [1.807, 2.05) is 0 Å². The maximum Gasteiger partial charge on any atom is 0.451 e. The molecule has 5 heteroatoms. The molecule has 1 aliphatic rings. The Balaban J connectivity index is 2.26. The van der Waals surface area contributed by atoms with Gasteiger partial charge in [0.2, 0.25) is 0 Å². The van der Waals surface area contributed by atoms with E-state index in [1.165, 1.54) is 0 Å². The van der Waals surface area contributed by atoms with Gasteiger partial charge in [-0.2, -0.15) is 0 Å². The SMILES string of the molecule is O=C(O)C1CCC[C@H]1CCCB(O)O. The summed E-state index contributed by atoms with van der Waals surface area (Å²) in [6, 6.07) is 0. The van der Waals surface area contributed by atoms with Gasteiger partial charge in [0.05, 0.1) is 5.92 Å². The summed E-state index contributed by atoms with van der Waals surface area (Å²) in [5.41, 5.74) is 0. The van der Waals surface area contributed by atoms with Gasteiger partial charge in [-0.1, -0.05) is 19.3 Å². The minimum atomic E-state index is -1.25. The highest BCUT2D eigenvalue weighted by molar-refractivity contribution is 6.40. The Bertz CT molecular complexity index is 195. The molecule has 80 valence electrons. The van der Waals surface area contributed by atoms with Crippen molar-refractivity contribution in [3.63, 3.8) is 0 Å². The van der Waals surface area contributed by atoms with Crippen molar-refractivity contribution in [2.75, 3.05) is 0 Å². The number of hydrogen-bond donors (Lipinski definition) is 3. The van der Waals surface area contributed by atoms with Crippen molar-refractivity contribution in [2.24, 2.45) is 11.8 Å². The second-order valence-corrected chi connectivity index (χ2v) is 4.05. The van der Waals surface area contributed by atoms with Crippen molar-refractivity contribution >= 4 is 13.1 Å². The fraction of sp³-hybridized carbons (Fsp3) is 0.889. The highest BCUT2D eigenvalue weighted by Crippen LogP contribution is 2.35. The van der Waals surface area contributed by atoms with Gasteiger partial charge >= 0.3 is 13.1 Å². The van der Waals surface area contributed by atoms with E-state index >= 15 is 0 Å². The van der Waals surface area contributed by atoms with E-state index in [0.29, 0.717) is 12.7 Å². The number of carboxylic acids is 1. The lowest BCUT2D eigenvalue weighted by atomic mass is 9.80. The fourth-order valence-corrected chi connectivity index (χ4v) is 2.27. The number of aliphatic carboxylic acids is 1. The maximum absolute atomic E-state index is 10.8. The summed E-state index contributed by atoms with van der Waals surface area (Å²) in [6.45, 7) is 0. The van der Waals surface area contributed by atoms with E-state index in [-0.39, 0.29) is 11.8 Å². The van der Waals surface area contributed by atoms with Crippen molar-refractivity contribution in [3.8, 4) is 0 Å². The van der Waals surface area contributed by atoms with Gasteiger partial charge in [0.15, 0.2) is 0 Å². The highest BCUT2D eigenvalue weighted by Gasteiger charge is 2.32. The first-order chi connectivity index (χ1) is 6.61. The molecule has 3 N–H and O–H groups in total. The molecule has 1 aliphatic carbocycles. The predicted octanol–water partition coefficient (Wildman–Crippen LogP) is 0.740. The zero-order chi connectivity index (χ0) is 10.6. The third-order valence-corrected chi connectivity index (χ3v) is 3.01. The normalized spacial score (nSPS) is 26.4. The molecule has 0 radical (unpaired) electrons. The van der Waals surface area contributed by atoms with Crippen LogP contribution in [0, 0.1) is 11.8 Å². The molecular formula is C9H17BO4. The Hall–Kier alpha value is -0.545. The van der Waals surface area contributed by atoms with E-state index in [1.54, 1.807) is 0 Å². The van der Waals surface area contributed by atoms with Crippen LogP contribution in [0.4, 0.5) is 0 Å². The summed E-state index contributed by atoms with van der Waals surface area (Å²) in [6.07, 6.45) is 4.59.